The number of methoxy groups -OCH3 is 3. The van der Waals surface area contributed by atoms with Crippen LogP contribution in [0.15, 0.2) is 46.3 Å². The van der Waals surface area contributed by atoms with Gasteiger partial charge in [-0.15, -0.1) is 0 Å². The van der Waals surface area contributed by atoms with Gasteiger partial charge in [0.05, 0.1) is 48.6 Å². The molecule has 0 saturated carbocycles. The van der Waals surface area contributed by atoms with Gasteiger partial charge in [-0.2, -0.15) is 9.30 Å². The Bertz CT molecular complexity index is 1520. The number of benzene rings is 2. The molecule has 0 bridgehead atoms. The van der Waals surface area contributed by atoms with Crippen molar-refractivity contribution >= 4 is 43.5 Å². The van der Waals surface area contributed by atoms with E-state index in [0.29, 0.717) is 21.7 Å². The van der Waals surface area contributed by atoms with Gasteiger partial charge >= 0.3 is 5.97 Å². The van der Waals surface area contributed by atoms with Crippen LogP contribution >= 0.6 is 11.3 Å². The lowest BCUT2D eigenvalue weighted by molar-refractivity contribution is -0.141. The van der Waals surface area contributed by atoms with Crippen molar-refractivity contribution < 1.29 is 37.0 Å². The molecule has 3 aromatic rings. The van der Waals surface area contributed by atoms with E-state index in [9.17, 15) is 18.0 Å². The summed E-state index contributed by atoms with van der Waals surface area (Å²) in [5.41, 5.74) is 0.810. The van der Waals surface area contributed by atoms with Crippen LogP contribution in [0.5, 0.6) is 11.5 Å². The SMILES string of the molecule is COC(=O)Cn1c(=NC(=O)c2ccc(S(=O)(=O)N3C[C@@H](C)O[C@@H](C)C3)cc2)sc2cc(OC)c(OC)cc21. The maximum Gasteiger partial charge on any atom is 0.325 e. The van der Waals surface area contributed by atoms with Crippen LogP contribution in [0.1, 0.15) is 24.2 Å². The number of rotatable bonds is 7. The smallest absolute Gasteiger partial charge is 0.325 e. The molecule has 11 nitrogen and oxygen atoms in total. The van der Waals surface area contributed by atoms with Crippen molar-refractivity contribution in [2.75, 3.05) is 34.4 Å². The highest BCUT2D eigenvalue weighted by Crippen LogP contribution is 2.33. The molecule has 1 aromatic heterocycles. The first-order chi connectivity index (χ1) is 18.1. The number of morpholine rings is 1. The molecule has 0 unspecified atom stereocenters. The van der Waals surface area contributed by atoms with Gasteiger partial charge in [-0.25, -0.2) is 8.42 Å². The Morgan fingerprint density at radius 2 is 1.63 bits per heavy atom. The predicted molar refractivity (Wildman–Crippen MR) is 140 cm³/mol. The highest BCUT2D eigenvalue weighted by Gasteiger charge is 2.32. The normalized spacial score (nSPS) is 18.9. The molecule has 2 heterocycles. The molecular weight excluding hydrogens is 534 g/mol. The van der Waals surface area contributed by atoms with Gasteiger partial charge in [0, 0.05) is 30.8 Å². The number of carbonyl (C=O) groups excluding carboxylic acids is 2. The lowest BCUT2D eigenvalue weighted by Gasteiger charge is -2.34. The number of aromatic nitrogens is 1. The molecule has 4 rings (SSSR count). The number of ether oxygens (including phenoxy) is 4. The van der Waals surface area contributed by atoms with Gasteiger partial charge in [0.25, 0.3) is 5.91 Å². The van der Waals surface area contributed by atoms with Crippen molar-refractivity contribution in [2.24, 2.45) is 4.99 Å². The molecule has 2 aromatic carbocycles. The van der Waals surface area contributed by atoms with Crippen molar-refractivity contribution in [2.45, 2.75) is 37.5 Å². The number of hydrogen-bond donors (Lipinski definition) is 0. The van der Waals surface area contributed by atoms with Crippen molar-refractivity contribution in [1.29, 1.82) is 0 Å². The van der Waals surface area contributed by atoms with E-state index in [-0.39, 0.29) is 47.1 Å². The lowest BCUT2D eigenvalue weighted by atomic mass is 10.2. The fraction of sp³-hybridized carbons (Fsp3) is 0.400. The van der Waals surface area contributed by atoms with E-state index in [1.54, 1.807) is 16.7 Å². The van der Waals surface area contributed by atoms with Gasteiger partial charge < -0.3 is 23.5 Å². The number of thiazole rings is 1. The monoisotopic (exact) mass is 563 g/mol. The van der Waals surface area contributed by atoms with Gasteiger partial charge in [0.15, 0.2) is 16.3 Å². The highest BCUT2D eigenvalue weighted by molar-refractivity contribution is 7.89. The first-order valence-electron chi connectivity index (χ1n) is 11.7. The lowest BCUT2D eigenvalue weighted by Crippen LogP contribution is -2.48. The largest absolute Gasteiger partial charge is 0.493 e. The summed E-state index contributed by atoms with van der Waals surface area (Å²) < 4.78 is 51.1. The number of sulfonamides is 1. The highest BCUT2D eigenvalue weighted by atomic mass is 32.2. The molecule has 1 saturated heterocycles. The summed E-state index contributed by atoms with van der Waals surface area (Å²) in [7, 11) is 0.538. The minimum absolute atomic E-state index is 0.0807. The summed E-state index contributed by atoms with van der Waals surface area (Å²) in [6.07, 6.45) is -0.433. The van der Waals surface area contributed by atoms with E-state index in [1.807, 2.05) is 13.8 Å². The fourth-order valence-electron chi connectivity index (χ4n) is 4.23. The van der Waals surface area contributed by atoms with E-state index in [4.69, 9.17) is 18.9 Å². The zero-order valence-electron chi connectivity index (χ0n) is 21.7. The average molecular weight is 564 g/mol. The summed E-state index contributed by atoms with van der Waals surface area (Å²) in [6, 6.07) is 9.08. The van der Waals surface area contributed by atoms with E-state index in [0.717, 1.165) is 0 Å². The molecule has 0 spiro atoms. The average Bonchev–Trinajstić information content (AvgIpc) is 3.22. The van der Waals surface area contributed by atoms with Crippen LogP contribution < -0.4 is 14.3 Å². The Labute approximate surface area is 224 Å². The topological polar surface area (TPSA) is 126 Å². The number of esters is 1. The Kier molecular flexibility index (Phi) is 8.21. The summed E-state index contributed by atoms with van der Waals surface area (Å²) >= 11 is 1.19. The Balaban J connectivity index is 1.69. The molecule has 38 heavy (non-hydrogen) atoms. The predicted octanol–water partition coefficient (Wildman–Crippen LogP) is 2.43. The molecule has 0 N–H and O–H groups in total. The molecule has 1 aliphatic heterocycles. The van der Waals surface area contributed by atoms with Crippen LogP contribution in [-0.4, -0.2) is 75.8 Å². The van der Waals surface area contributed by atoms with E-state index in [1.165, 1.54) is 61.2 Å². The minimum atomic E-state index is -3.75. The molecule has 204 valence electrons. The third-order valence-corrected chi connectivity index (χ3v) is 8.91. The minimum Gasteiger partial charge on any atom is -0.493 e. The maximum absolute atomic E-state index is 13.1. The number of fused-ring (bicyclic) bond motifs is 1. The van der Waals surface area contributed by atoms with Crippen molar-refractivity contribution in [3.05, 3.63) is 46.8 Å². The van der Waals surface area contributed by atoms with E-state index in [2.05, 4.69) is 4.99 Å². The molecule has 2 atom stereocenters. The Morgan fingerprint density at radius 1 is 1.03 bits per heavy atom. The molecule has 1 amide bonds. The van der Waals surface area contributed by atoms with Crippen LogP contribution in [0.2, 0.25) is 0 Å². The van der Waals surface area contributed by atoms with Crippen molar-refractivity contribution in [3.8, 4) is 11.5 Å². The number of amides is 1. The molecule has 0 aliphatic carbocycles. The number of nitrogens with zero attached hydrogens (tertiary/aromatic N) is 3. The van der Waals surface area contributed by atoms with Gasteiger partial charge in [-0.05, 0) is 38.1 Å². The second-order valence-corrected chi connectivity index (χ2v) is 11.7. The number of carbonyl (C=O) groups is 2. The van der Waals surface area contributed by atoms with Gasteiger partial charge in [-0.1, -0.05) is 11.3 Å². The third kappa shape index (κ3) is 5.60. The maximum atomic E-state index is 13.1. The van der Waals surface area contributed by atoms with Crippen molar-refractivity contribution in [3.63, 3.8) is 0 Å². The molecule has 1 aliphatic rings. The number of hydrogen-bond acceptors (Lipinski definition) is 9. The van der Waals surface area contributed by atoms with Crippen LogP contribution in [0.3, 0.4) is 0 Å². The summed E-state index contributed by atoms with van der Waals surface area (Å²) in [6.45, 7) is 3.99. The second kappa shape index (κ2) is 11.2. The molecule has 13 heteroatoms. The van der Waals surface area contributed by atoms with Crippen LogP contribution in [0.4, 0.5) is 0 Å². The first-order valence-corrected chi connectivity index (χ1v) is 14.0. The van der Waals surface area contributed by atoms with E-state index >= 15 is 0 Å². The summed E-state index contributed by atoms with van der Waals surface area (Å²) in [5.74, 6) is -0.165. The quantitative estimate of drug-likeness (QED) is 0.402. The van der Waals surface area contributed by atoms with E-state index < -0.39 is 21.9 Å². The van der Waals surface area contributed by atoms with Gasteiger partial charge in [-0.3, -0.25) is 9.59 Å². The summed E-state index contributed by atoms with van der Waals surface area (Å²) in [4.78, 5) is 29.8. The zero-order chi connectivity index (χ0) is 27.6. The zero-order valence-corrected chi connectivity index (χ0v) is 23.3. The van der Waals surface area contributed by atoms with Crippen LogP contribution in [0.25, 0.3) is 10.2 Å². The second-order valence-electron chi connectivity index (χ2n) is 8.74. The molecule has 1 fully saturated rings. The summed E-state index contributed by atoms with van der Waals surface area (Å²) in [5, 5.41) is 0. The van der Waals surface area contributed by atoms with Gasteiger partial charge in [0.2, 0.25) is 10.0 Å². The van der Waals surface area contributed by atoms with Crippen molar-refractivity contribution in [1.82, 2.24) is 8.87 Å². The molecule has 0 radical (unpaired) electrons. The van der Waals surface area contributed by atoms with Crippen LogP contribution in [-0.2, 0) is 30.8 Å². The Morgan fingerprint density at radius 3 is 2.21 bits per heavy atom. The first kappa shape index (κ1) is 27.8. The van der Waals surface area contributed by atoms with Gasteiger partial charge in [0.1, 0.15) is 6.54 Å². The third-order valence-electron chi connectivity index (χ3n) is 6.03. The standard InChI is InChI=1S/C25H29N3O8S2/c1-15-12-27(13-16(2)36-15)38(31,32)18-8-6-17(7-9-18)24(30)26-25-28(14-23(29)35-5)19-10-20(33-3)21(34-4)11-22(19)37-25/h6-11,15-16H,12-14H2,1-5H3/t15-,16+. The fourth-order valence-corrected chi connectivity index (χ4v) is 6.85. The Hall–Kier alpha value is -3.26. The molecular formula is C25H29N3O8S2. The van der Waals surface area contributed by atoms with Crippen LogP contribution in [0, 0.1) is 0 Å².